The van der Waals surface area contributed by atoms with Crippen LogP contribution < -0.4 is 5.32 Å². The predicted octanol–water partition coefficient (Wildman–Crippen LogP) is 2.43. The first kappa shape index (κ1) is 13.9. The van der Waals surface area contributed by atoms with Gasteiger partial charge in [-0.15, -0.1) is 11.8 Å². The lowest BCUT2D eigenvalue weighted by Gasteiger charge is -2.20. The maximum atomic E-state index is 11.6. The van der Waals surface area contributed by atoms with Gasteiger partial charge in [0.25, 0.3) is 0 Å². The summed E-state index contributed by atoms with van der Waals surface area (Å²) in [5, 5.41) is 3.67. The fraction of sp³-hybridized carbons (Fsp3) is 0.462. The van der Waals surface area contributed by atoms with E-state index >= 15 is 0 Å². The second-order valence-corrected chi connectivity index (χ2v) is 6.15. The zero-order valence-corrected chi connectivity index (χ0v) is 12.0. The molecule has 1 N–H and O–H groups in total. The number of thioether (sulfide) groups is 1. The molecular weight excluding hydrogens is 262 g/mol. The molecule has 1 aromatic heterocycles. The lowest BCUT2D eigenvalue weighted by Crippen LogP contribution is -2.38. The Morgan fingerprint density at radius 3 is 2.74 bits per heavy atom. The molecule has 1 aromatic rings. The van der Waals surface area contributed by atoms with Crippen molar-refractivity contribution in [2.45, 2.75) is 32.5 Å². The van der Waals surface area contributed by atoms with E-state index in [2.05, 4.69) is 15.3 Å². The Morgan fingerprint density at radius 2 is 2.11 bits per heavy atom. The van der Waals surface area contributed by atoms with E-state index in [-0.39, 0.29) is 6.17 Å². The number of aromatic nitrogens is 1. The predicted molar refractivity (Wildman–Crippen MR) is 76.4 cm³/mol. The van der Waals surface area contributed by atoms with Gasteiger partial charge in [0.2, 0.25) is 0 Å². The zero-order chi connectivity index (χ0) is 13.9. The number of carbonyl (C=O) groups is 1. The highest BCUT2D eigenvalue weighted by molar-refractivity contribution is 8.14. The van der Waals surface area contributed by atoms with Crippen molar-refractivity contribution >= 4 is 22.9 Å². The molecule has 0 saturated carbocycles. The minimum Gasteiger partial charge on any atom is -0.444 e. The summed E-state index contributed by atoms with van der Waals surface area (Å²) in [6.45, 7) is 5.50. The number of pyridine rings is 1. The smallest absolute Gasteiger partial charge is 0.409 e. The Bertz CT molecular complexity index is 482. The van der Waals surface area contributed by atoms with Gasteiger partial charge in [-0.05, 0) is 32.9 Å². The quantitative estimate of drug-likeness (QED) is 0.903. The van der Waals surface area contributed by atoms with Gasteiger partial charge in [0.15, 0.2) is 0 Å². The fourth-order valence-electron chi connectivity index (χ4n) is 1.54. The first-order valence-corrected chi connectivity index (χ1v) is 7.03. The molecular formula is C13H17N3O2S. The monoisotopic (exact) mass is 279 g/mol. The summed E-state index contributed by atoms with van der Waals surface area (Å²) in [6.07, 6.45) is 2.79. The van der Waals surface area contributed by atoms with E-state index in [0.717, 1.165) is 16.4 Å². The summed E-state index contributed by atoms with van der Waals surface area (Å²) in [5.74, 6) is 0.719. The molecule has 2 rings (SSSR count). The van der Waals surface area contributed by atoms with Crippen molar-refractivity contribution in [2.24, 2.45) is 4.99 Å². The third-order valence-corrected chi connectivity index (χ3v) is 3.36. The first-order chi connectivity index (χ1) is 8.94. The van der Waals surface area contributed by atoms with Crippen molar-refractivity contribution in [1.29, 1.82) is 0 Å². The van der Waals surface area contributed by atoms with Crippen LogP contribution in [0.2, 0.25) is 0 Å². The van der Waals surface area contributed by atoms with Crippen molar-refractivity contribution in [3.8, 4) is 0 Å². The number of hydrogen-bond donors (Lipinski definition) is 1. The van der Waals surface area contributed by atoms with Crippen LogP contribution >= 0.6 is 11.8 Å². The van der Waals surface area contributed by atoms with E-state index in [1.54, 1.807) is 24.2 Å². The summed E-state index contributed by atoms with van der Waals surface area (Å²) >= 11 is 1.62. The fourth-order valence-corrected chi connectivity index (χ4v) is 2.52. The highest BCUT2D eigenvalue weighted by atomic mass is 32.2. The highest BCUT2D eigenvalue weighted by Crippen LogP contribution is 2.22. The summed E-state index contributed by atoms with van der Waals surface area (Å²) in [6, 6.07) is 3.81. The van der Waals surface area contributed by atoms with Gasteiger partial charge in [-0.25, -0.2) is 4.79 Å². The third kappa shape index (κ3) is 4.24. The summed E-state index contributed by atoms with van der Waals surface area (Å²) in [4.78, 5) is 20.1. The highest BCUT2D eigenvalue weighted by Gasteiger charge is 2.23. The molecule has 5 nitrogen and oxygen atoms in total. The number of rotatable bonds is 2. The Labute approximate surface area is 116 Å². The van der Waals surface area contributed by atoms with E-state index < -0.39 is 11.7 Å². The van der Waals surface area contributed by atoms with Gasteiger partial charge in [0.1, 0.15) is 16.8 Å². The molecule has 0 fully saturated rings. The minimum absolute atomic E-state index is 0.233. The van der Waals surface area contributed by atoms with Crippen molar-refractivity contribution in [3.63, 3.8) is 0 Å². The van der Waals surface area contributed by atoms with Gasteiger partial charge in [-0.1, -0.05) is 0 Å². The molecule has 19 heavy (non-hydrogen) atoms. The molecule has 2 heterocycles. The Kier molecular flexibility index (Phi) is 4.09. The average Bonchev–Trinajstić information content (AvgIpc) is 2.76. The van der Waals surface area contributed by atoms with E-state index in [4.69, 9.17) is 4.74 Å². The van der Waals surface area contributed by atoms with Crippen LogP contribution in [0, 0.1) is 0 Å². The number of carbonyl (C=O) groups excluding carboxylic acids is 1. The van der Waals surface area contributed by atoms with Crippen LogP contribution in [0.5, 0.6) is 0 Å². The maximum absolute atomic E-state index is 11.6. The summed E-state index contributed by atoms with van der Waals surface area (Å²) in [7, 11) is 0. The number of nitrogens with one attached hydrogen (secondary N) is 1. The van der Waals surface area contributed by atoms with E-state index in [9.17, 15) is 4.79 Å². The summed E-state index contributed by atoms with van der Waals surface area (Å²) in [5.41, 5.74) is 0.529. The largest absolute Gasteiger partial charge is 0.444 e. The molecule has 0 bridgehead atoms. The lowest BCUT2D eigenvalue weighted by atomic mass is 10.2. The lowest BCUT2D eigenvalue weighted by molar-refractivity contribution is 0.0512. The van der Waals surface area contributed by atoms with Crippen LogP contribution in [-0.2, 0) is 4.74 Å². The zero-order valence-electron chi connectivity index (χ0n) is 11.2. The van der Waals surface area contributed by atoms with Crippen molar-refractivity contribution in [1.82, 2.24) is 10.3 Å². The van der Waals surface area contributed by atoms with E-state index in [1.165, 1.54) is 0 Å². The molecule has 0 aliphatic carbocycles. The number of ether oxygens (including phenoxy) is 1. The van der Waals surface area contributed by atoms with Gasteiger partial charge in [-0.2, -0.15) is 0 Å². The Morgan fingerprint density at radius 1 is 1.42 bits per heavy atom. The SMILES string of the molecule is CC(C)(C)OC(=O)NC1CSC(c2ccncc2)=N1. The summed E-state index contributed by atoms with van der Waals surface area (Å²) < 4.78 is 5.20. The van der Waals surface area contributed by atoms with E-state index in [1.807, 2.05) is 32.9 Å². The van der Waals surface area contributed by atoms with Crippen LogP contribution in [0.1, 0.15) is 26.3 Å². The molecule has 1 amide bonds. The normalized spacial score (nSPS) is 18.9. The third-order valence-electron chi connectivity index (χ3n) is 2.26. The molecule has 1 aliphatic heterocycles. The number of nitrogens with zero attached hydrogens (tertiary/aromatic N) is 2. The number of alkyl carbamates (subject to hydrolysis) is 1. The van der Waals surface area contributed by atoms with Crippen LogP contribution in [0.4, 0.5) is 4.79 Å². The molecule has 1 atom stereocenters. The maximum Gasteiger partial charge on any atom is 0.409 e. The topological polar surface area (TPSA) is 63.6 Å². The Balaban J connectivity index is 1.94. The van der Waals surface area contributed by atoms with Crippen molar-refractivity contribution in [2.75, 3.05) is 5.75 Å². The van der Waals surface area contributed by atoms with Crippen LogP contribution in [0.3, 0.4) is 0 Å². The molecule has 0 radical (unpaired) electrons. The van der Waals surface area contributed by atoms with Crippen molar-refractivity contribution < 1.29 is 9.53 Å². The van der Waals surface area contributed by atoms with Crippen LogP contribution in [0.25, 0.3) is 0 Å². The molecule has 0 spiro atoms. The Hall–Kier alpha value is -1.56. The second-order valence-electron chi connectivity index (χ2n) is 5.14. The number of hydrogen-bond acceptors (Lipinski definition) is 5. The number of aliphatic imine (C=N–C) groups is 1. The molecule has 1 aliphatic rings. The number of amides is 1. The molecule has 102 valence electrons. The van der Waals surface area contributed by atoms with Crippen molar-refractivity contribution in [3.05, 3.63) is 30.1 Å². The molecule has 1 unspecified atom stereocenters. The van der Waals surface area contributed by atoms with Gasteiger partial charge in [-0.3, -0.25) is 15.3 Å². The van der Waals surface area contributed by atoms with E-state index in [0.29, 0.717) is 0 Å². The minimum atomic E-state index is -0.493. The molecule has 0 aromatic carbocycles. The van der Waals surface area contributed by atoms with Crippen LogP contribution in [0.15, 0.2) is 29.5 Å². The van der Waals surface area contributed by atoms with Gasteiger partial charge >= 0.3 is 6.09 Å². The van der Waals surface area contributed by atoms with Gasteiger partial charge < -0.3 is 4.74 Å². The second kappa shape index (κ2) is 5.61. The standard InChI is InChI=1S/C13H17N3O2S/c1-13(2,3)18-12(17)16-10-8-19-11(15-10)9-4-6-14-7-5-9/h4-7,10H,8H2,1-3H3,(H,16,17). The van der Waals surface area contributed by atoms with Gasteiger partial charge in [0, 0.05) is 23.7 Å². The average molecular weight is 279 g/mol. The molecule has 6 heteroatoms. The van der Waals surface area contributed by atoms with Gasteiger partial charge in [0.05, 0.1) is 0 Å². The first-order valence-electron chi connectivity index (χ1n) is 6.04. The van der Waals surface area contributed by atoms with Crippen LogP contribution in [-0.4, -0.2) is 33.6 Å². The molecule has 0 saturated heterocycles.